The van der Waals surface area contributed by atoms with E-state index in [4.69, 9.17) is 5.11 Å². The van der Waals surface area contributed by atoms with Gasteiger partial charge in [-0.15, -0.1) is 11.3 Å². The first-order chi connectivity index (χ1) is 8.06. The van der Waals surface area contributed by atoms with Gasteiger partial charge in [0, 0.05) is 37.6 Å². The number of carbonyl (C=O) groups is 1. The molecule has 0 aromatic carbocycles. The van der Waals surface area contributed by atoms with Gasteiger partial charge in [0.2, 0.25) is 5.01 Å². The molecule has 94 valence electrons. The van der Waals surface area contributed by atoms with E-state index in [-0.39, 0.29) is 5.01 Å². The van der Waals surface area contributed by atoms with Gasteiger partial charge < -0.3 is 10.0 Å². The first kappa shape index (κ1) is 12.5. The number of thiazole rings is 1. The van der Waals surface area contributed by atoms with Gasteiger partial charge in [-0.3, -0.25) is 4.90 Å². The second-order valence-corrected chi connectivity index (χ2v) is 5.39. The highest BCUT2D eigenvalue weighted by atomic mass is 32.1. The molecule has 0 amide bonds. The molecule has 1 atom stereocenters. The molecule has 1 unspecified atom stereocenters. The van der Waals surface area contributed by atoms with E-state index >= 15 is 0 Å². The Morgan fingerprint density at radius 2 is 2.41 bits per heavy atom. The SMILES string of the molecule is CC1CN(C)CCN1Cc1csc(C(=O)O)n1. The molecule has 6 heteroatoms. The van der Waals surface area contributed by atoms with Crippen LogP contribution in [0.3, 0.4) is 0 Å². The minimum atomic E-state index is -0.937. The fourth-order valence-corrected chi connectivity index (χ4v) is 2.74. The van der Waals surface area contributed by atoms with E-state index in [1.54, 1.807) is 0 Å². The molecule has 1 saturated heterocycles. The second kappa shape index (κ2) is 5.12. The molecule has 1 aromatic rings. The van der Waals surface area contributed by atoms with Crippen molar-refractivity contribution in [2.24, 2.45) is 0 Å². The summed E-state index contributed by atoms with van der Waals surface area (Å²) in [6.45, 7) is 6.06. The lowest BCUT2D eigenvalue weighted by Gasteiger charge is -2.37. The molecule has 0 spiro atoms. The summed E-state index contributed by atoms with van der Waals surface area (Å²) in [5.41, 5.74) is 0.865. The van der Waals surface area contributed by atoms with Crippen molar-refractivity contribution in [3.05, 3.63) is 16.1 Å². The number of likely N-dealkylation sites (N-methyl/N-ethyl adjacent to an activating group) is 1. The Hall–Kier alpha value is -0.980. The molecule has 0 saturated carbocycles. The minimum absolute atomic E-state index is 0.182. The molecule has 1 fully saturated rings. The number of rotatable bonds is 3. The zero-order chi connectivity index (χ0) is 12.4. The second-order valence-electron chi connectivity index (χ2n) is 4.53. The highest BCUT2D eigenvalue weighted by Gasteiger charge is 2.22. The van der Waals surface area contributed by atoms with Gasteiger partial charge in [0.15, 0.2) is 0 Å². The highest BCUT2D eigenvalue weighted by Crippen LogP contribution is 2.15. The van der Waals surface area contributed by atoms with Crippen LogP contribution >= 0.6 is 11.3 Å². The van der Waals surface area contributed by atoms with E-state index in [9.17, 15) is 4.79 Å². The van der Waals surface area contributed by atoms with Crippen LogP contribution in [0.15, 0.2) is 5.38 Å². The highest BCUT2D eigenvalue weighted by molar-refractivity contribution is 7.11. The van der Waals surface area contributed by atoms with Crippen molar-refractivity contribution in [3.8, 4) is 0 Å². The normalized spacial score (nSPS) is 22.8. The predicted octanol–water partition coefficient (Wildman–Crippen LogP) is 0.977. The summed E-state index contributed by atoms with van der Waals surface area (Å²) in [7, 11) is 2.12. The van der Waals surface area contributed by atoms with Crippen molar-refractivity contribution in [1.29, 1.82) is 0 Å². The Balaban J connectivity index is 1.98. The molecule has 1 aliphatic rings. The van der Waals surface area contributed by atoms with Crippen molar-refractivity contribution in [1.82, 2.24) is 14.8 Å². The number of aromatic nitrogens is 1. The summed E-state index contributed by atoms with van der Waals surface area (Å²) < 4.78 is 0. The van der Waals surface area contributed by atoms with E-state index in [0.29, 0.717) is 6.04 Å². The van der Waals surface area contributed by atoms with Gasteiger partial charge in [0.05, 0.1) is 5.69 Å². The Bertz CT molecular complexity index is 407. The third-order valence-electron chi connectivity index (χ3n) is 3.07. The Morgan fingerprint density at radius 3 is 3.00 bits per heavy atom. The number of hydrogen-bond acceptors (Lipinski definition) is 5. The van der Waals surface area contributed by atoms with Crippen molar-refractivity contribution in [2.45, 2.75) is 19.5 Å². The van der Waals surface area contributed by atoms with E-state index < -0.39 is 5.97 Å². The van der Waals surface area contributed by atoms with E-state index in [2.05, 4.69) is 28.8 Å². The van der Waals surface area contributed by atoms with Gasteiger partial charge >= 0.3 is 5.97 Å². The molecular formula is C11H17N3O2S. The lowest BCUT2D eigenvalue weighted by Crippen LogP contribution is -2.49. The third-order valence-corrected chi connectivity index (χ3v) is 3.95. The van der Waals surface area contributed by atoms with Crippen LogP contribution in [0, 0.1) is 0 Å². The summed E-state index contributed by atoms with van der Waals surface area (Å²) in [6, 6.07) is 0.490. The van der Waals surface area contributed by atoms with Gasteiger partial charge in [-0.25, -0.2) is 9.78 Å². The Labute approximate surface area is 105 Å². The maximum atomic E-state index is 10.7. The standard InChI is InChI=1S/C11H17N3O2S/c1-8-5-13(2)3-4-14(8)6-9-7-17-10(12-9)11(15)16/h7-8H,3-6H2,1-2H3,(H,15,16). The number of aromatic carboxylic acids is 1. The maximum Gasteiger partial charge on any atom is 0.365 e. The largest absolute Gasteiger partial charge is 0.476 e. The summed E-state index contributed by atoms with van der Waals surface area (Å²) in [4.78, 5) is 19.5. The summed E-state index contributed by atoms with van der Waals surface area (Å²) in [5, 5.41) is 10.8. The van der Waals surface area contributed by atoms with Gasteiger partial charge in [0.1, 0.15) is 0 Å². The van der Waals surface area contributed by atoms with Crippen molar-refractivity contribution < 1.29 is 9.90 Å². The first-order valence-electron chi connectivity index (χ1n) is 5.66. The van der Waals surface area contributed by atoms with Crippen LogP contribution in [-0.2, 0) is 6.54 Å². The molecule has 2 rings (SSSR count). The van der Waals surface area contributed by atoms with Crippen LogP contribution < -0.4 is 0 Å². The average Bonchev–Trinajstić information content (AvgIpc) is 2.71. The number of hydrogen-bond donors (Lipinski definition) is 1. The lowest BCUT2D eigenvalue weighted by atomic mass is 10.2. The van der Waals surface area contributed by atoms with Gasteiger partial charge in [-0.2, -0.15) is 0 Å². The van der Waals surface area contributed by atoms with Crippen LogP contribution in [0.5, 0.6) is 0 Å². The van der Waals surface area contributed by atoms with Crippen LogP contribution in [0.2, 0.25) is 0 Å². The summed E-state index contributed by atoms with van der Waals surface area (Å²) in [6.07, 6.45) is 0. The molecule has 1 aromatic heterocycles. The molecule has 1 N–H and O–H groups in total. The molecule has 1 aliphatic heterocycles. The molecule has 0 bridgehead atoms. The monoisotopic (exact) mass is 255 g/mol. The lowest BCUT2D eigenvalue weighted by molar-refractivity contribution is 0.0695. The molecule has 0 aliphatic carbocycles. The van der Waals surface area contributed by atoms with Gasteiger partial charge in [-0.1, -0.05) is 0 Å². The topological polar surface area (TPSA) is 56.7 Å². The Kier molecular flexibility index (Phi) is 3.76. The van der Waals surface area contributed by atoms with Crippen molar-refractivity contribution >= 4 is 17.3 Å². The fourth-order valence-electron chi connectivity index (χ4n) is 2.10. The van der Waals surface area contributed by atoms with Crippen LogP contribution in [0.4, 0.5) is 0 Å². The number of nitrogens with zero attached hydrogens (tertiary/aromatic N) is 3. The molecule has 2 heterocycles. The zero-order valence-electron chi connectivity index (χ0n) is 10.1. The quantitative estimate of drug-likeness (QED) is 0.872. The van der Waals surface area contributed by atoms with Crippen molar-refractivity contribution in [3.63, 3.8) is 0 Å². The summed E-state index contributed by atoms with van der Waals surface area (Å²) in [5.74, 6) is -0.937. The number of carboxylic acid groups (broad SMARTS) is 1. The maximum absolute atomic E-state index is 10.7. The fraction of sp³-hybridized carbons (Fsp3) is 0.636. The third kappa shape index (κ3) is 3.02. The molecule has 5 nitrogen and oxygen atoms in total. The van der Waals surface area contributed by atoms with Crippen molar-refractivity contribution in [2.75, 3.05) is 26.7 Å². The predicted molar refractivity (Wildman–Crippen MR) is 66.4 cm³/mol. The summed E-state index contributed by atoms with van der Waals surface area (Å²) >= 11 is 1.20. The van der Waals surface area contributed by atoms with E-state index in [0.717, 1.165) is 31.9 Å². The number of piperazine rings is 1. The van der Waals surface area contributed by atoms with E-state index in [1.807, 2.05) is 5.38 Å². The minimum Gasteiger partial charge on any atom is -0.476 e. The van der Waals surface area contributed by atoms with Gasteiger partial charge in [-0.05, 0) is 14.0 Å². The van der Waals surface area contributed by atoms with Crippen LogP contribution in [-0.4, -0.2) is 58.6 Å². The molecule has 0 radical (unpaired) electrons. The molecular weight excluding hydrogens is 238 g/mol. The van der Waals surface area contributed by atoms with Crippen LogP contribution in [0.25, 0.3) is 0 Å². The zero-order valence-corrected chi connectivity index (χ0v) is 10.9. The van der Waals surface area contributed by atoms with E-state index in [1.165, 1.54) is 11.3 Å². The number of carboxylic acids is 1. The first-order valence-corrected chi connectivity index (χ1v) is 6.54. The molecule has 17 heavy (non-hydrogen) atoms. The van der Waals surface area contributed by atoms with Gasteiger partial charge in [0.25, 0.3) is 0 Å². The smallest absolute Gasteiger partial charge is 0.365 e. The Morgan fingerprint density at radius 1 is 1.65 bits per heavy atom. The van der Waals surface area contributed by atoms with Crippen LogP contribution in [0.1, 0.15) is 22.4 Å². The average molecular weight is 255 g/mol.